The first kappa shape index (κ1) is 47.2. The van der Waals surface area contributed by atoms with Gasteiger partial charge >= 0.3 is 6.85 Å². The second-order valence-corrected chi connectivity index (χ2v) is 27.0. The number of hydrogen-bond acceptors (Lipinski definition) is 2. The van der Waals surface area contributed by atoms with Gasteiger partial charge in [0.2, 0.25) is 0 Å². The molecule has 0 unspecified atom stereocenters. The first-order valence-electron chi connectivity index (χ1n) is 27.6. The quantitative estimate of drug-likeness (QED) is 0.163. The van der Waals surface area contributed by atoms with Crippen LogP contribution in [0, 0.1) is 13.8 Å². The lowest BCUT2D eigenvalue weighted by atomic mass is 9.42. The Kier molecular flexibility index (Phi) is 9.74. The highest BCUT2D eigenvalue weighted by Crippen LogP contribution is 2.60. The summed E-state index contributed by atoms with van der Waals surface area (Å²) in [5.74, 6) is 0. The number of anilines is 5. The summed E-state index contributed by atoms with van der Waals surface area (Å²) < 4.78 is 0. The highest BCUT2D eigenvalue weighted by Gasteiger charge is 2.52. The summed E-state index contributed by atoms with van der Waals surface area (Å²) in [7, 11) is 0. The molecule has 0 saturated heterocycles. The van der Waals surface area contributed by atoms with Gasteiger partial charge in [-0.2, -0.15) is 0 Å². The van der Waals surface area contributed by atoms with Gasteiger partial charge in [0.15, 0.2) is 0 Å². The highest BCUT2D eigenvalue weighted by atomic mass is 15.2. The van der Waals surface area contributed by atoms with E-state index in [1.54, 1.807) is 0 Å². The van der Waals surface area contributed by atoms with E-state index in [0.29, 0.717) is 0 Å². The molecule has 0 saturated carbocycles. The molecular formula is C71H73BN2. The maximum absolute atomic E-state index is 2.81. The molecular weight excluding hydrogens is 892 g/mol. The molecule has 370 valence electrons. The Morgan fingerprint density at radius 2 is 1.01 bits per heavy atom. The molecule has 2 aliphatic heterocycles. The van der Waals surface area contributed by atoms with Crippen molar-refractivity contribution in [1.29, 1.82) is 0 Å². The van der Waals surface area contributed by atoms with Crippen LogP contribution in [0.4, 0.5) is 28.4 Å². The van der Waals surface area contributed by atoms with Gasteiger partial charge < -0.3 is 9.71 Å². The van der Waals surface area contributed by atoms with Crippen LogP contribution in [0.3, 0.4) is 0 Å². The minimum Gasteiger partial charge on any atom is -0.376 e. The van der Waals surface area contributed by atoms with Gasteiger partial charge in [-0.05, 0) is 174 Å². The molecule has 0 aromatic heterocycles. The van der Waals surface area contributed by atoms with Crippen molar-refractivity contribution in [3.8, 4) is 33.4 Å². The number of hydrogen-bond donors (Lipinski definition) is 0. The summed E-state index contributed by atoms with van der Waals surface area (Å²) in [6.07, 6.45) is 2.35. The Hall–Kier alpha value is -6.58. The van der Waals surface area contributed by atoms with E-state index in [1.165, 1.54) is 140 Å². The number of benzene rings is 8. The fraction of sp³-hybridized carbons (Fsp3) is 0.324. The minimum atomic E-state index is -0.243. The predicted molar refractivity (Wildman–Crippen MR) is 317 cm³/mol. The zero-order valence-electron chi connectivity index (χ0n) is 46.7. The molecule has 13 rings (SSSR count). The molecule has 8 aromatic carbocycles. The summed E-state index contributed by atoms with van der Waals surface area (Å²) in [5.41, 5.74) is 31.8. The second-order valence-electron chi connectivity index (χ2n) is 27.0. The topological polar surface area (TPSA) is 6.48 Å². The van der Waals surface area contributed by atoms with Crippen molar-refractivity contribution in [1.82, 2.24) is 0 Å². The van der Waals surface area contributed by atoms with Gasteiger partial charge in [0.25, 0.3) is 0 Å². The first-order chi connectivity index (χ1) is 34.9. The fourth-order valence-electron chi connectivity index (χ4n) is 14.9. The van der Waals surface area contributed by atoms with E-state index in [9.17, 15) is 0 Å². The van der Waals surface area contributed by atoms with Gasteiger partial charge in [-0.3, -0.25) is 0 Å². The molecule has 3 aliphatic carbocycles. The Morgan fingerprint density at radius 3 is 1.68 bits per heavy atom. The molecule has 0 atom stereocenters. The lowest BCUT2D eigenvalue weighted by Gasteiger charge is -2.50. The summed E-state index contributed by atoms with van der Waals surface area (Å²) in [4.78, 5) is 5.56. The van der Waals surface area contributed by atoms with Crippen molar-refractivity contribution < 1.29 is 0 Å². The molecule has 2 nitrogen and oxygen atoms in total. The molecule has 0 spiro atoms. The normalized spacial score (nSPS) is 18.3. The van der Waals surface area contributed by atoms with Crippen molar-refractivity contribution in [2.75, 3.05) is 9.71 Å². The minimum absolute atomic E-state index is 0.0377. The number of nitrogens with zero attached hydrogens (tertiary/aromatic N) is 2. The van der Waals surface area contributed by atoms with Crippen molar-refractivity contribution >= 4 is 46.2 Å². The monoisotopic (exact) mass is 965 g/mol. The van der Waals surface area contributed by atoms with Crippen LogP contribution < -0.4 is 20.6 Å². The smallest absolute Gasteiger partial charge is 0.333 e. The zero-order valence-corrected chi connectivity index (χ0v) is 46.7. The third-order valence-corrected chi connectivity index (χ3v) is 19.2. The first-order valence-corrected chi connectivity index (χ1v) is 27.6. The van der Waals surface area contributed by atoms with Gasteiger partial charge in [-0.1, -0.05) is 199 Å². The lowest BCUT2D eigenvalue weighted by Crippen LogP contribution is -2.62. The van der Waals surface area contributed by atoms with Crippen LogP contribution in [0.1, 0.15) is 164 Å². The summed E-state index contributed by atoms with van der Waals surface area (Å²) >= 11 is 0. The molecule has 8 aromatic rings. The van der Waals surface area contributed by atoms with E-state index in [4.69, 9.17) is 0 Å². The van der Waals surface area contributed by atoms with E-state index in [2.05, 4.69) is 259 Å². The largest absolute Gasteiger partial charge is 0.376 e. The van der Waals surface area contributed by atoms with E-state index >= 15 is 0 Å². The molecule has 0 amide bonds. The molecule has 0 fully saturated rings. The van der Waals surface area contributed by atoms with E-state index in [1.807, 2.05) is 0 Å². The molecule has 0 N–H and O–H groups in total. The van der Waals surface area contributed by atoms with Crippen LogP contribution >= 0.6 is 0 Å². The number of rotatable bonds is 3. The van der Waals surface area contributed by atoms with Crippen LogP contribution in [0.25, 0.3) is 33.4 Å². The number of fused-ring (bicyclic) bond motifs is 11. The Morgan fingerprint density at radius 1 is 0.432 bits per heavy atom. The average Bonchev–Trinajstić information content (AvgIpc) is 3.65. The standard InChI is InChI=1S/C71H73BN2/c1-42-35-49-63-59(32-30-47-46-25-19-20-26-50(46)71(14,15)64(47)63)74(58-31-29-45(66(3,4)5)38-48(58)44-23-17-16-18-24-44)72-57-39-55-56(70(12,13)52-28-22-21-27-51(52)69(55,10)11)41-61(57)73(62(36-42)65(49)72)60-40-54-53(37-43(60)2)67(6,7)33-34-68(54,8)9/h16-32,35-41H,33-34H2,1-15H3. The van der Waals surface area contributed by atoms with Crippen molar-refractivity contribution in [3.05, 3.63) is 207 Å². The Bertz CT molecular complexity index is 3720. The van der Waals surface area contributed by atoms with Crippen LogP contribution in [0.15, 0.2) is 146 Å². The van der Waals surface area contributed by atoms with Gasteiger partial charge in [-0.25, -0.2) is 0 Å². The maximum atomic E-state index is 2.81. The van der Waals surface area contributed by atoms with Crippen molar-refractivity contribution in [2.45, 2.75) is 149 Å². The van der Waals surface area contributed by atoms with E-state index < -0.39 is 0 Å². The Labute approximate surface area is 443 Å². The fourth-order valence-corrected chi connectivity index (χ4v) is 14.9. The molecule has 0 radical (unpaired) electrons. The number of aryl methyl sites for hydroxylation is 2. The van der Waals surface area contributed by atoms with Gasteiger partial charge in [0, 0.05) is 55.8 Å². The Balaban J connectivity index is 1.21. The van der Waals surface area contributed by atoms with E-state index in [0.717, 1.165) is 6.42 Å². The third-order valence-electron chi connectivity index (χ3n) is 19.2. The lowest BCUT2D eigenvalue weighted by molar-refractivity contribution is 0.332. The molecule has 2 heterocycles. The van der Waals surface area contributed by atoms with Crippen LogP contribution in [-0.4, -0.2) is 6.85 Å². The summed E-state index contributed by atoms with van der Waals surface area (Å²) in [5, 5.41) is 0. The van der Waals surface area contributed by atoms with Crippen molar-refractivity contribution in [3.63, 3.8) is 0 Å². The summed E-state index contributed by atoms with van der Waals surface area (Å²) in [6.45, 7) is 36.4. The van der Waals surface area contributed by atoms with Gasteiger partial charge in [0.1, 0.15) is 0 Å². The van der Waals surface area contributed by atoms with Gasteiger partial charge in [0.05, 0.1) is 0 Å². The van der Waals surface area contributed by atoms with Gasteiger partial charge in [-0.15, -0.1) is 0 Å². The van der Waals surface area contributed by atoms with Crippen LogP contribution in [-0.2, 0) is 32.5 Å². The maximum Gasteiger partial charge on any atom is 0.333 e. The third kappa shape index (κ3) is 6.37. The zero-order chi connectivity index (χ0) is 52.0. The van der Waals surface area contributed by atoms with E-state index in [-0.39, 0.29) is 39.3 Å². The molecule has 5 aliphatic rings. The molecule has 0 bridgehead atoms. The summed E-state index contributed by atoms with van der Waals surface area (Å²) in [6, 6.07) is 57.7. The van der Waals surface area contributed by atoms with Crippen LogP contribution in [0.5, 0.6) is 0 Å². The molecule has 74 heavy (non-hydrogen) atoms. The molecule has 3 heteroatoms. The highest BCUT2D eigenvalue weighted by molar-refractivity contribution is 6.93. The average molecular weight is 965 g/mol. The SMILES string of the molecule is Cc1cc2c3c(c1)N(c1cc4c(cc1C)C(C)(C)CCC4(C)C)c1cc4c(cc1B3N(c1ccc(C(C)(C)C)cc1-c1ccccc1)c1ccc3c(c1-2)C(C)(C)c1ccccc1-3)C(C)(C)c1ccccc1C4(C)C. The second kappa shape index (κ2) is 15.3. The predicted octanol–water partition coefficient (Wildman–Crippen LogP) is 17.6. The van der Waals surface area contributed by atoms with Crippen molar-refractivity contribution in [2.24, 2.45) is 0 Å². The van der Waals surface area contributed by atoms with Crippen LogP contribution in [0.2, 0.25) is 0 Å².